The van der Waals surface area contributed by atoms with Crippen molar-refractivity contribution in [2.24, 2.45) is 4.99 Å². The van der Waals surface area contributed by atoms with E-state index in [4.69, 9.17) is 9.84 Å². The Hall–Kier alpha value is -4.80. The number of hydrogen-bond acceptors (Lipinski definition) is 7. The van der Waals surface area contributed by atoms with Gasteiger partial charge in [-0.05, 0) is 47.9 Å². The van der Waals surface area contributed by atoms with E-state index < -0.39 is 29.5 Å². The van der Waals surface area contributed by atoms with Gasteiger partial charge in [-0.2, -0.15) is 0 Å². The third-order valence-electron chi connectivity index (χ3n) is 5.33. The highest BCUT2D eigenvalue weighted by Crippen LogP contribution is 2.29. The quantitative estimate of drug-likeness (QED) is 0.469. The number of carbonyl (C=O) groups excluding carboxylic acids is 2. The molecule has 35 heavy (non-hydrogen) atoms. The fourth-order valence-corrected chi connectivity index (χ4v) is 3.61. The zero-order valence-electron chi connectivity index (χ0n) is 18.5. The van der Waals surface area contributed by atoms with Crippen molar-refractivity contribution < 1.29 is 34.1 Å². The molecule has 0 saturated heterocycles. The van der Waals surface area contributed by atoms with Crippen molar-refractivity contribution in [1.29, 1.82) is 0 Å². The van der Waals surface area contributed by atoms with Crippen LogP contribution in [0.4, 0.5) is 16.2 Å². The number of carbonyl (C=O) groups is 4. The van der Waals surface area contributed by atoms with Gasteiger partial charge in [0.25, 0.3) is 0 Å². The van der Waals surface area contributed by atoms with Gasteiger partial charge in [-0.1, -0.05) is 12.1 Å². The summed E-state index contributed by atoms with van der Waals surface area (Å²) in [7, 11) is 0. The minimum atomic E-state index is -1.35. The van der Waals surface area contributed by atoms with Crippen LogP contribution in [-0.4, -0.2) is 49.3 Å². The van der Waals surface area contributed by atoms with Crippen LogP contribution in [0.3, 0.4) is 0 Å². The number of aliphatic carboxylic acids is 1. The maximum atomic E-state index is 12.0. The number of carboxylic acid groups (broad SMARTS) is 2. The molecule has 11 heteroatoms. The fourth-order valence-electron chi connectivity index (χ4n) is 3.61. The van der Waals surface area contributed by atoms with Gasteiger partial charge in [-0.15, -0.1) is 0 Å². The minimum absolute atomic E-state index is 0.00316. The van der Waals surface area contributed by atoms with Gasteiger partial charge >= 0.3 is 18.0 Å². The molecule has 4 rings (SSSR count). The molecular formula is C24H20N4O7. The van der Waals surface area contributed by atoms with Crippen LogP contribution < -0.4 is 5.32 Å². The van der Waals surface area contributed by atoms with E-state index in [1.807, 2.05) is 13.0 Å². The molecule has 3 N–H and O–H groups in total. The second kappa shape index (κ2) is 9.59. The van der Waals surface area contributed by atoms with Gasteiger partial charge in [0, 0.05) is 24.8 Å². The lowest BCUT2D eigenvalue weighted by molar-refractivity contribution is -0.130. The molecule has 0 unspecified atom stereocenters. The molecule has 1 aliphatic rings. The average Bonchev–Trinajstić information content (AvgIpc) is 3.25. The minimum Gasteiger partial charge on any atom is -0.478 e. The summed E-state index contributed by atoms with van der Waals surface area (Å²) in [5.41, 5.74) is 3.27. The number of aryl methyl sites for hydroxylation is 1. The maximum absolute atomic E-state index is 12.0. The Morgan fingerprint density at radius 1 is 1.14 bits per heavy atom. The molecule has 178 valence electrons. The molecule has 11 nitrogen and oxygen atoms in total. The first-order chi connectivity index (χ1) is 16.7. The zero-order valence-corrected chi connectivity index (χ0v) is 18.5. The van der Waals surface area contributed by atoms with Crippen LogP contribution in [0.5, 0.6) is 0 Å². The van der Waals surface area contributed by atoms with Gasteiger partial charge in [0.05, 0.1) is 23.3 Å². The first kappa shape index (κ1) is 23.4. The number of rotatable bonds is 7. The summed E-state index contributed by atoms with van der Waals surface area (Å²) in [5, 5.41) is 20.7. The van der Waals surface area contributed by atoms with Crippen molar-refractivity contribution in [1.82, 2.24) is 9.55 Å². The number of amides is 1. The van der Waals surface area contributed by atoms with Crippen molar-refractivity contribution in [2.45, 2.75) is 26.5 Å². The van der Waals surface area contributed by atoms with E-state index in [0.29, 0.717) is 29.2 Å². The maximum Gasteiger partial charge on any atom is 0.412 e. The lowest BCUT2D eigenvalue weighted by Gasteiger charge is -2.16. The topological polar surface area (TPSA) is 160 Å². The molecule has 0 aliphatic carbocycles. The highest BCUT2D eigenvalue weighted by atomic mass is 16.5. The Morgan fingerprint density at radius 3 is 2.69 bits per heavy atom. The molecule has 1 aromatic heterocycles. The fraction of sp³-hybridized carbons (Fsp3) is 0.167. The molecule has 0 bridgehead atoms. The standard InChI is InChI=1S/C24H20N4O7/c1-13-5-15-8-20(29)21(23(32)33)27-19(15)7-16(13)9-28-10-18(25-12-28)11-35-24(34)26-17-4-2-3-14(6-17)22(30)31/h2-7,10,12H,8-9,11H2,1H3,(H,26,34)(H,30,31)(H,32,33). The van der Waals surface area contributed by atoms with E-state index in [9.17, 15) is 24.3 Å². The number of Topliss-reactive ketones (excluding diaryl/α,β-unsaturated/α-hetero) is 1. The number of imidazole rings is 1. The van der Waals surface area contributed by atoms with Crippen LogP contribution >= 0.6 is 0 Å². The Bertz CT molecular complexity index is 1390. The Balaban J connectivity index is 1.39. The van der Waals surface area contributed by atoms with Crippen molar-refractivity contribution in [3.05, 3.63) is 76.9 Å². The number of nitrogens with zero attached hydrogens (tertiary/aromatic N) is 3. The molecule has 0 saturated carbocycles. The number of aromatic carboxylic acids is 1. The van der Waals surface area contributed by atoms with E-state index in [1.165, 1.54) is 18.2 Å². The number of ether oxygens (including phenoxy) is 1. The largest absolute Gasteiger partial charge is 0.478 e. The predicted octanol–water partition coefficient (Wildman–Crippen LogP) is 2.97. The molecule has 3 aromatic rings. The highest BCUT2D eigenvalue weighted by Gasteiger charge is 2.26. The lowest BCUT2D eigenvalue weighted by atomic mass is 9.95. The Kier molecular flexibility index (Phi) is 6.40. The van der Waals surface area contributed by atoms with Gasteiger partial charge in [-0.3, -0.25) is 10.1 Å². The highest BCUT2D eigenvalue weighted by molar-refractivity contribution is 6.65. The van der Waals surface area contributed by atoms with Crippen molar-refractivity contribution in [3.8, 4) is 0 Å². The summed E-state index contributed by atoms with van der Waals surface area (Å²) in [6.07, 6.45) is 2.51. The normalized spacial score (nSPS) is 12.5. The zero-order chi connectivity index (χ0) is 25.1. The van der Waals surface area contributed by atoms with E-state index >= 15 is 0 Å². The molecule has 0 spiro atoms. The van der Waals surface area contributed by atoms with Crippen LogP contribution in [0.15, 0.2) is 53.9 Å². The SMILES string of the molecule is Cc1cc2c(cc1Cn1cnc(COC(=O)Nc3cccc(C(=O)O)c3)c1)N=C(C(=O)O)C(=O)C2. The van der Waals surface area contributed by atoms with Gasteiger partial charge in [0.2, 0.25) is 0 Å². The van der Waals surface area contributed by atoms with Crippen LogP contribution in [-0.2, 0) is 33.9 Å². The number of nitrogens with one attached hydrogen (secondary N) is 1. The first-order valence-electron chi connectivity index (χ1n) is 10.4. The molecule has 2 heterocycles. The van der Waals surface area contributed by atoms with Gasteiger partial charge < -0.3 is 19.5 Å². The third-order valence-corrected chi connectivity index (χ3v) is 5.33. The van der Waals surface area contributed by atoms with E-state index in [-0.39, 0.29) is 18.6 Å². The molecule has 0 radical (unpaired) electrons. The molecule has 1 amide bonds. The smallest absolute Gasteiger partial charge is 0.412 e. The van der Waals surface area contributed by atoms with Gasteiger partial charge in [0.15, 0.2) is 11.5 Å². The lowest BCUT2D eigenvalue weighted by Crippen LogP contribution is -2.27. The third kappa shape index (κ3) is 5.41. The number of aliphatic imine (C=N–C) groups is 1. The van der Waals surface area contributed by atoms with Crippen molar-refractivity contribution in [2.75, 3.05) is 5.32 Å². The number of ketones is 1. The van der Waals surface area contributed by atoms with Crippen LogP contribution in [0.25, 0.3) is 0 Å². The number of anilines is 1. The Labute approximate surface area is 198 Å². The number of aromatic nitrogens is 2. The summed E-state index contributed by atoms with van der Waals surface area (Å²) in [5.74, 6) is -2.97. The summed E-state index contributed by atoms with van der Waals surface area (Å²) in [6, 6.07) is 9.37. The van der Waals surface area contributed by atoms with Crippen molar-refractivity contribution >= 4 is 40.9 Å². The summed E-state index contributed by atoms with van der Waals surface area (Å²) in [4.78, 5) is 54.5. The first-order valence-corrected chi connectivity index (χ1v) is 10.4. The molecule has 2 aromatic carbocycles. The summed E-state index contributed by atoms with van der Waals surface area (Å²) >= 11 is 0. The predicted molar refractivity (Wildman–Crippen MR) is 123 cm³/mol. The number of fused-ring (bicyclic) bond motifs is 1. The molecular weight excluding hydrogens is 456 g/mol. The molecule has 0 fully saturated rings. The van der Waals surface area contributed by atoms with E-state index in [2.05, 4.69) is 15.3 Å². The van der Waals surface area contributed by atoms with Crippen molar-refractivity contribution in [3.63, 3.8) is 0 Å². The van der Waals surface area contributed by atoms with Gasteiger partial charge in [-0.25, -0.2) is 24.4 Å². The van der Waals surface area contributed by atoms with E-state index in [0.717, 1.165) is 11.1 Å². The Morgan fingerprint density at radius 2 is 1.94 bits per heavy atom. The van der Waals surface area contributed by atoms with Crippen LogP contribution in [0.1, 0.15) is 32.7 Å². The second-order valence-electron chi connectivity index (χ2n) is 7.90. The van der Waals surface area contributed by atoms with Crippen LogP contribution in [0, 0.1) is 6.92 Å². The molecule has 0 atom stereocenters. The second-order valence-corrected chi connectivity index (χ2v) is 7.90. The average molecular weight is 476 g/mol. The molecule has 1 aliphatic heterocycles. The summed E-state index contributed by atoms with van der Waals surface area (Å²) in [6.45, 7) is 2.20. The number of carboxylic acids is 2. The van der Waals surface area contributed by atoms with E-state index in [1.54, 1.807) is 29.2 Å². The van der Waals surface area contributed by atoms with Crippen LogP contribution in [0.2, 0.25) is 0 Å². The van der Waals surface area contributed by atoms with Gasteiger partial charge in [0.1, 0.15) is 6.61 Å². The number of hydrogen-bond donors (Lipinski definition) is 3. The number of benzene rings is 2. The monoisotopic (exact) mass is 476 g/mol. The summed E-state index contributed by atoms with van der Waals surface area (Å²) < 4.78 is 6.93.